The van der Waals surface area contributed by atoms with Crippen LogP contribution in [-0.2, 0) is 11.3 Å². The van der Waals surface area contributed by atoms with Crippen molar-refractivity contribution >= 4 is 23.4 Å². The van der Waals surface area contributed by atoms with E-state index in [0.717, 1.165) is 5.56 Å². The lowest BCUT2D eigenvalue weighted by Gasteiger charge is -2.13. The summed E-state index contributed by atoms with van der Waals surface area (Å²) in [7, 11) is 0. The van der Waals surface area contributed by atoms with E-state index in [4.69, 9.17) is 16.3 Å². The zero-order chi connectivity index (χ0) is 15.5. The van der Waals surface area contributed by atoms with Crippen LogP contribution in [-0.4, -0.2) is 29.9 Å². The maximum absolute atomic E-state index is 12.1. The SMILES string of the molecule is O=C1c2ccccc2C(=O)N1CCOCc1ccc(Cl)cc1. The fourth-order valence-corrected chi connectivity index (χ4v) is 2.49. The van der Waals surface area contributed by atoms with E-state index in [1.165, 1.54) is 4.90 Å². The molecule has 0 saturated carbocycles. The van der Waals surface area contributed by atoms with Crippen molar-refractivity contribution in [1.29, 1.82) is 0 Å². The van der Waals surface area contributed by atoms with Crippen molar-refractivity contribution in [2.24, 2.45) is 0 Å². The first kappa shape index (κ1) is 14.8. The Morgan fingerprint density at radius 1 is 0.909 bits per heavy atom. The first-order valence-corrected chi connectivity index (χ1v) is 7.32. The van der Waals surface area contributed by atoms with Gasteiger partial charge in [-0.3, -0.25) is 14.5 Å². The molecule has 2 amide bonds. The predicted octanol–water partition coefficient (Wildman–Crippen LogP) is 3.15. The van der Waals surface area contributed by atoms with Crippen molar-refractivity contribution in [1.82, 2.24) is 4.90 Å². The van der Waals surface area contributed by atoms with E-state index in [9.17, 15) is 9.59 Å². The lowest BCUT2D eigenvalue weighted by Crippen LogP contribution is -2.33. The number of hydrogen-bond acceptors (Lipinski definition) is 3. The molecule has 2 aromatic rings. The van der Waals surface area contributed by atoms with Crippen molar-refractivity contribution in [2.45, 2.75) is 6.61 Å². The molecule has 0 spiro atoms. The van der Waals surface area contributed by atoms with E-state index in [1.54, 1.807) is 36.4 Å². The van der Waals surface area contributed by atoms with Gasteiger partial charge in [0.15, 0.2) is 0 Å². The number of rotatable bonds is 5. The number of halogens is 1. The van der Waals surface area contributed by atoms with Gasteiger partial charge in [-0.05, 0) is 29.8 Å². The Hall–Kier alpha value is -2.17. The second-order valence-electron chi connectivity index (χ2n) is 4.99. The van der Waals surface area contributed by atoms with E-state index in [0.29, 0.717) is 29.4 Å². The number of ether oxygens (including phenoxy) is 1. The van der Waals surface area contributed by atoms with Gasteiger partial charge in [-0.15, -0.1) is 0 Å². The fraction of sp³-hybridized carbons (Fsp3) is 0.176. The van der Waals surface area contributed by atoms with Crippen LogP contribution in [0.15, 0.2) is 48.5 Å². The summed E-state index contributed by atoms with van der Waals surface area (Å²) in [4.78, 5) is 25.5. The summed E-state index contributed by atoms with van der Waals surface area (Å²) in [5.41, 5.74) is 1.92. The molecule has 3 rings (SSSR count). The van der Waals surface area contributed by atoms with Crippen LogP contribution >= 0.6 is 11.6 Å². The molecule has 1 heterocycles. The average Bonchev–Trinajstić information content (AvgIpc) is 2.78. The van der Waals surface area contributed by atoms with Crippen LogP contribution < -0.4 is 0 Å². The summed E-state index contributed by atoms with van der Waals surface area (Å²) in [6, 6.07) is 14.2. The summed E-state index contributed by atoms with van der Waals surface area (Å²) in [6.45, 7) is 0.967. The van der Waals surface area contributed by atoms with Crippen LogP contribution in [0.4, 0.5) is 0 Å². The van der Waals surface area contributed by atoms with Crippen molar-refractivity contribution in [3.8, 4) is 0 Å². The number of carbonyl (C=O) groups is 2. The number of amides is 2. The van der Waals surface area contributed by atoms with E-state index in [1.807, 2.05) is 12.1 Å². The Kier molecular flexibility index (Phi) is 4.22. The summed E-state index contributed by atoms with van der Waals surface area (Å²) >= 11 is 5.81. The third-order valence-corrected chi connectivity index (χ3v) is 3.77. The highest BCUT2D eigenvalue weighted by molar-refractivity contribution is 6.30. The smallest absolute Gasteiger partial charge is 0.261 e. The highest BCUT2D eigenvalue weighted by Gasteiger charge is 2.34. The Morgan fingerprint density at radius 3 is 2.09 bits per heavy atom. The molecule has 1 aliphatic rings. The standard InChI is InChI=1S/C17H14ClNO3/c18-13-7-5-12(6-8-13)11-22-10-9-19-16(20)14-3-1-2-4-15(14)17(19)21/h1-8H,9-11H2. The third-order valence-electron chi connectivity index (χ3n) is 3.52. The number of nitrogens with zero attached hydrogens (tertiary/aromatic N) is 1. The number of carbonyl (C=O) groups excluding carboxylic acids is 2. The molecule has 0 N–H and O–H groups in total. The molecule has 0 bridgehead atoms. The number of fused-ring (bicyclic) bond motifs is 1. The molecule has 112 valence electrons. The van der Waals surface area contributed by atoms with Gasteiger partial charge in [0, 0.05) is 5.02 Å². The van der Waals surface area contributed by atoms with Crippen molar-refractivity contribution in [2.75, 3.05) is 13.2 Å². The first-order valence-electron chi connectivity index (χ1n) is 6.94. The molecule has 0 aliphatic carbocycles. The fourth-order valence-electron chi connectivity index (χ4n) is 2.37. The molecular formula is C17H14ClNO3. The van der Waals surface area contributed by atoms with Gasteiger partial charge in [0.1, 0.15) is 0 Å². The molecule has 0 unspecified atom stereocenters. The van der Waals surface area contributed by atoms with Gasteiger partial charge < -0.3 is 4.74 Å². The van der Waals surface area contributed by atoms with E-state index in [2.05, 4.69) is 0 Å². The van der Waals surface area contributed by atoms with Gasteiger partial charge in [-0.2, -0.15) is 0 Å². The van der Waals surface area contributed by atoms with Gasteiger partial charge >= 0.3 is 0 Å². The lowest BCUT2D eigenvalue weighted by molar-refractivity contribution is 0.0545. The van der Waals surface area contributed by atoms with Gasteiger partial charge in [0.05, 0.1) is 30.9 Å². The van der Waals surface area contributed by atoms with Crippen LogP contribution in [0.25, 0.3) is 0 Å². The normalized spacial score (nSPS) is 13.6. The number of imide groups is 1. The third kappa shape index (κ3) is 2.89. The number of benzene rings is 2. The van der Waals surface area contributed by atoms with Gasteiger partial charge in [0.25, 0.3) is 11.8 Å². The van der Waals surface area contributed by atoms with Crippen molar-refractivity contribution in [3.63, 3.8) is 0 Å². The highest BCUT2D eigenvalue weighted by Crippen LogP contribution is 2.22. The summed E-state index contributed by atoms with van der Waals surface area (Å²) < 4.78 is 5.53. The average molecular weight is 316 g/mol. The van der Waals surface area contributed by atoms with E-state index in [-0.39, 0.29) is 18.4 Å². The minimum atomic E-state index is -0.254. The largest absolute Gasteiger partial charge is 0.375 e. The monoisotopic (exact) mass is 315 g/mol. The maximum Gasteiger partial charge on any atom is 0.261 e. The Labute approximate surface area is 133 Å². The molecule has 0 atom stereocenters. The van der Waals surface area contributed by atoms with Crippen LogP contribution in [0.2, 0.25) is 5.02 Å². The van der Waals surface area contributed by atoms with E-state index < -0.39 is 0 Å². The predicted molar refractivity (Wildman–Crippen MR) is 82.9 cm³/mol. The Morgan fingerprint density at radius 2 is 1.50 bits per heavy atom. The van der Waals surface area contributed by atoms with Gasteiger partial charge in [0.2, 0.25) is 0 Å². The summed E-state index contributed by atoms with van der Waals surface area (Å²) in [5.74, 6) is -0.508. The van der Waals surface area contributed by atoms with Crippen molar-refractivity contribution < 1.29 is 14.3 Å². The van der Waals surface area contributed by atoms with Crippen LogP contribution in [0.3, 0.4) is 0 Å². The van der Waals surface area contributed by atoms with E-state index >= 15 is 0 Å². The lowest BCUT2D eigenvalue weighted by atomic mass is 10.1. The highest BCUT2D eigenvalue weighted by atomic mass is 35.5. The quantitative estimate of drug-likeness (QED) is 0.629. The van der Waals surface area contributed by atoms with Gasteiger partial charge in [-0.25, -0.2) is 0 Å². The molecule has 4 nitrogen and oxygen atoms in total. The molecule has 0 saturated heterocycles. The maximum atomic E-state index is 12.1. The molecule has 0 fully saturated rings. The van der Waals surface area contributed by atoms with Crippen LogP contribution in [0, 0.1) is 0 Å². The topological polar surface area (TPSA) is 46.6 Å². The molecule has 22 heavy (non-hydrogen) atoms. The Bertz CT molecular complexity index is 677. The molecule has 2 aromatic carbocycles. The van der Waals surface area contributed by atoms with Crippen LogP contribution in [0.1, 0.15) is 26.3 Å². The van der Waals surface area contributed by atoms with Crippen molar-refractivity contribution in [3.05, 3.63) is 70.2 Å². The molecule has 1 aliphatic heterocycles. The molecule has 0 aromatic heterocycles. The second kappa shape index (κ2) is 6.30. The van der Waals surface area contributed by atoms with Gasteiger partial charge in [-0.1, -0.05) is 35.9 Å². The second-order valence-corrected chi connectivity index (χ2v) is 5.42. The zero-order valence-corrected chi connectivity index (χ0v) is 12.5. The minimum absolute atomic E-state index is 0.250. The molecular weight excluding hydrogens is 302 g/mol. The Balaban J connectivity index is 1.54. The molecule has 5 heteroatoms. The number of hydrogen-bond donors (Lipinski definition) is 0. The first-order chi connectivity index (χ1) is 10.7. The summed E-state index contributed by atoms with van der Waals surface area (Å²) in [5, 5.41) is 0.676. The summed E-state index contributed by atoms with van der Waals surface area (Å²) in [6.07, 6.45) is 0. The van der Waals surface area contributed by atoms with Crippen LogP contribution in [0.5, 0.6) is 0 Å². The minimum Gasteiger partial charge on any atom is -0.375 e. The zero-order valence-electron chi connectivity index (χ0n) is 11.8. The molecule has 0 radical (unpaired) electrons.